The van der Waals surface area contributed by atoms with E-state index in [0.29, 0.717) is 11.6 Å². The Labute approximate surface area is 123 Å². The van der Waals surface area contributed by atoms with E-state index in [9.17, 15) is 0 Å². The Kier molecular flexibility index (Phi) is 3.24. The molecule has 0 spiro atoms. The molecule has 0 radical (unpaired) electrons. The van der Waals surface area contributed by atoms with Crippen molar-refractivity contribution in [2.75, 3.05) is 0 Å². The highest BCUT2D eigenvalue weighted by Gasteiger charge is 2.14. The van der Waals surface area contributed by atoms with Crippen molar-refractivity contribution < 1.29 is 0 Å². The van der Waals surface area contributed by atoms with Crippen molar-refractivity contribution in [3.8, 4) is 11.3 Å². The highest BCUT2D eigenvalue weighted by Crippen LogP contribution is 2.27. The molecule has 1 aromatic carbocycles. The summed E-state index contributed by atoms with van der Waals surface area (Å²) in [5, 5.41) is 0.692. The zero-order valence-corrected chi connectivity index (χ0v) is 12.3. The number of hydrogen-bond donors (Lipinski definition) is 1. The number of rotatable bonds is 2. The Morgan fingerprint density at radius 3 is 2.55 bits per heavy atom. The summed E-state index contributed by atoms with van der Waals surface area (Å²) in [7, 11) is 0. The number of fused-ring (bicyclic) bond motifs is 1. The predicted molar refractivity (Wildman–Crippen MR) is 83.0 cm³/mol. The molecule has 2 N–H and O–H groups in total. The molecule has 0 unspecified atom stereocenters. The minimum Gasteiger partial charge on any atom is -0.325 e. The van der Waals surface area contributed by atoms with Crippen molar-refractivity contribution in [1.29, 1.82) is 0 Å². The summed E-state index contributed by atoms with van der Waals surface area (Å²) in [5.41, 5.74) is 12.1. The van der Waals surface area contributed by atoms with Crippen molar-refractivity contribution in [2.45, 2.75) is 20.4 Å². The van der Waals surface area contributed by atoms with Crippen molar-refractivity contribution in [3.05, 3.63) is 58.4 Å². The molecule has 102 valence electrons. The largest absolute Gasteiger partial charge is 0.325 e. The number of hydrogen-bond acceptors (Lipinski definition) is 2. The molecular weight excluding hydrogens is 270 g/mol. The lowest BCUT2D eigenvalue weighted by Crippen LogP contribution is -2.02. The number of aromatic nitrogens is 2. The molecule has 0 fully saturated rings. The molecule has 3 rings (SSSR count). The van der Waals surface area contributed by atoms with Gasteiger partial charge in [0.15, 0.2) is 0 Å². The van der Waals surface area contributed by atoms with Crippen LogP contribution in [-0.2, 0) is 6.54 Å². The fraction of sp³-hybridized carbons (Fsp3) is 0.188. The molecule has 3 aromatic rings. The number of pyridine rings is 1. The fourth-order valence-electron chi connectivity index (χ4n) is 2.45. The van der Waals surface area contributed by atoms with Crippen molar-refractivity contribution in [3.63, 3.8) is 0 Å². The summed E-state index contributed by atoms with van der Waals surface area (Å²) < 4.78 is 1.99. The van der Waals surface area contributed by atoms with Gasteiger partial charge in [0.05, 0.1) is 16.4 Å². The average molecular weight is 286 g/mol. The summed E-state index contributed by atoms with van der Waals surface area (Å²) >= 11 is 6.14. The molecule has 3 nitrogen and oxygen atoms in total. The van der Waals surface area contributed by atoms with E-state index in [-0.39, 0.29) is 0 Å². The van der Waals surface area contributed by atoms with Crippen LogP contribution in [0, 0.1) is 13.8 Å². The highest BCUT2D eigenvalue weighted by molar-refractivity contribution is 6.30. The first-order valence-corrected chi connectivity index (χ1v) is 6.92. The molecule has 0 aliphatic heterocycles. The quantitative estimate of drug-likeness (QED) is 0.779. The van der Waals surface area contributed by atoms with E-state index >= 15 is 0 Å². The third-order valence-corrected chi connectivity index (χ3v) is 3.69. The maximum atomic E-state index is 6.14. The highest BCUT2D eigenvalue weighted by atomic mass is 35.5. The number of nitrogens with two attached hydrogens (primary N) is 1. The molecule has 0 aliphatic carbocycles. The van der Waals surface area contributed by atoms with Crippen LogP contribution in [0.25, 0.3) is 16.9 Å². The van der Waals surface area contributed by atoms with Crippen LogP contribution in [0.3, 0.4) is 0 Å². The van der Waals surface area contributed by atoms with Gasteiger partial charge < -0.3 is 10.1 Å². The van der Waals surface area contributed by atoms with Crippen molar-refractivity contribution >= 4 is 17.2 Å². The van der Waals surface area contributed by atoms with E-state index in [1.807, 2.05) is 23.6 Å². The van der Waals surface area contributed by atoms with Gasteiger partial charge in [-0.05, 0) is 25.5 Å². The van der Waals surface area contributed by atoms with Gasteiger partial charge in [-0.15, -0.1) is 0 Å². The SMILES string of the molecule is Cc1ccc(-c2nc3c(C)cc(Cl)cn3c2CN)cc1. The molecule has 0 saturated heterocycles. The Morgan fingerprint density at radius 1 is 1.20 bits per heavy atom. The zero-order valence-electron chi connectivity index (χ0n) is 11.5. The molecule has 2 aromatic heterocycles. The third kappa shape index (κ3) is 2.09. The number of halogens is 1. The Balaban J connectivity index is 2.30. The van der Waals surface area contributed by atoms with Gasteiger partial charge in [0.2, 0.25) is 0 Å². The van der Waals surface area contributed by atoms with Gasteiger partial charge in [0.25, 0.3) is 0 Å². The Morgan fingerprint density at radius 2 is 1.90 bits per heavy atom. The van der Waals surface area contributed by atoms with Gasteiger partial charge in [-0.25, -0.2) is 4.98 Å². The maximum absolute atomic E-state index is 6.14. The normalized spacial score (nSPS) is 11.2. The van der Waals surface area contributed by atoms with E-state index in [4.69, 9.17) is 22.3 Å². The van der Waals surface area contributed by atoms with Gasteiger partial charge in [0, 0.05) is 18.3 Å². The summed E-state index contributed by atoms with van der Waals surface area (Å²) in [6.45, 7) is 4.50. The second kappa shape index (κ2) is 4.93. The molecule has 0 saturated carbocycles. The third-order valence-electron chi connectivity index (χ3n) is 3.49. The number of imidazole rings is 1. The topological polar surface area (TPSA) is 43.3 Å². The van der Waals surface area contributed by atoms with Crippen LogP contribution < -0.4 is 5.73 Å². The van der Waals surface area contributed by atoms with Crippen molar-refractivity contribution in [1.82, 2.24) is 9.38 Å². The van der Waals surface area contributed by atoms with E-state index in [2.05, 4.69) is 31.2 Å². The van der Waals surface area contributed by atoms with Crippen LogP contribution in [0.2, 0.25) is 5.02 Å². The molecule has 0 aliphatic rings. The lowest BCUT2D eigenvalue weighted by atomic mass is 10.1. The van der Waals surface area contributed by atoms with Gasteiger partial charge in [-0.3, -0.25) is 0 Å². The summed E-state index contributed by atoms with van der Waals surface area (Å²) in [4.78, 5) is 4.75. The second-order valence-corrected chi connectivity index (χ2v) is 5.45. The molecular formula is C16H16ClN3. The van der Waals surface area contributed by atoms with Crippen LogP contribution >= 0.6 is 11.6 Å². The van der Waals surface area contributed by atoms with Crippen LogP contribution in [-0.4, -0.2) is 9.38 Å². The predicted octanol–water partition coefficient (Wildman–Crippen LogP) is 3.73. The first-order valence-electron chi connectivity index (χ1n) is 6.54. The zero-order chi connectivity index (χ0) is 14.3. The van der Waals surface area contributed by atoms with E-state index in [0.717, 1.165) is 28.2 Å². The Bertz CT molecular complexity index is 773. The molecule has 2 heterocycles. The molecule has 0 atom stereocenters. The second-order valence-electron chi connectivity index (χ2n) is 5.01. The summed E-state index contributed by atoms with van der Waals surface area (Å²) in [5.74, 6) is 0. The minimum atomic E-state index is 0.421. The fourth-order valence-corrected chi connectivity index (χ4v) is 2.71. The van der Waals surface area contributed by atoms with E-state index in [1.165, 1.54) is 5.56 Å². The van der Waals surface area contributed by atoms with E-state index < -0.39 is 0 Å². The van der Waals surface area contributed by atoms with Gasteiger partial charge >= 0.3 is 0 Å². The first kappa shape index (κ1) is 13.2. The number of benzene rings is 1. The molecule has 4 heteroatoms. The van der Waals surface area contributed by atoms with Crippen LogP contribution in [0.1, 0.15) is 16.8 Å². The number of nitrogens with zero attached hydrogens (tertiary/aromatic N) is 2. The molecule has 0 bridgehead atoms. The van der Waals surface area contributed by atoms with Gasteiger partial charge in [-0.2, -0.15) is 0 Å². The summed E-state index contributed by atoms with van der Waals surface area (Å²) in [6, 6.07) is 10.2. The lowest BCUT2D eigenvalue weighted by molar-refractivity contribution is 0.959. The molecule has 0 amide bonds. The van der Waals surface area contributed by atoms with Gasteiger partial charge in [-0.1, -0.05) is 41.4 Å². The molecule has 20 heavy (non-hydrogen) atoms. The Hall–Kier alpha value is -1.84. The first-order chi connectivity index (χ1) is 9.60. The minimum absolute atomic E-state index is 0.421. The standard InChI is InChI=1S/C16H16ClN3/c1-10-3-5-12(6-4-10)15-14(8-18)20-9-13(17)7-11(2)16(20)19-15/h3-7,9H,8,18H2,1-2H3. The van der Waals surface area contributed by atoms with Gasteiger partial charge in [0.1, 0.15) is 5.65 Å². The number of aryl methyl sites for hydroxylation is 2. The monoisotopic (exact) mass is 285 g/mol. The average Bonchev–Trinajstić information content (AvgIpc) is 2.78. The van der Waals surface area contributed by atoms with Crippen LogP contribution in [0.4, 0.5) is 0 Å². The maximum Gasteiger partial charge on any atom is 0.140 e. The van der Waals surface area contributed by atoms with Crippen LogP contribution in [0.5, 0.6) is 0 Å². The van der Waals surface area contributed by atoms with Crippen LogP contribution in [0.15, 0.2) is 36.5 Å². The summed E-state index contributed by atoms with van der Waals surface area (Å²) in [6.07, 6.45) is 1.87. The van der Waals surface area contributed by atoms with Crippen molar-refractivity contribution in [2.24, 2.45) is 5.73 Å². The van der Waals surface area contributed by atoms with E-state index in [1.54, 1.807) is 0 Å². The lowest BCUT2D eigenvalue weighted by Gasteiger charge is -2.04. The smallest absolute Gasteiger partial charge is 0.140 e.